The van der Waals surface area contributed by atoms with Crippen molar-refractivity contribution in [1.29, 1.82) is 0 Å². The van der Waals surface area contributed by atoms with Crippen LogP contribution in [0.3, 0.4) is 0 Å². The molecule has 4 nitrogen and oxygen atoms in total. The van der Waals surface area contributed by atoms with E-state index >= 15 is 0 Å². The number of fused-ring (bicyclic) bond motifs is 1. The topological polar surface area (TPSA) is 55.4 Å². The largest absolute Gasteiger partial charge is 0.459 e. The van der Waals surface area contributed by atoms with Crippen LogP contribution in [-0.4, -0.2) is 17.9 Å². The number of nitrogens with one attached hydrogen (secondary N) is 1. The summed E-state index contributed by atoms with van der Waals surface area (Å²) in [7, 11) is 0. The van der Waals surface area contributed by atoms with Gasteiger partial charge >= 0.3 is 5.97 Å². The maximum absolute atomic E-state index is 13.2. The average molecular weight is 444 g/mol. The highest BCUT2D eigenvalue weighted by Gasteiger charge is 2.43. The summed E-state index contributed by atoms with van der Waals surface area (Å²) in [5, 5.41) is 3.34. The van der Waals surface area contributed by atoms with Crippen molar-refractivity contribution in [2.24, 2.45) is 5.92 Å². The van der Waals surface area contributed by atoms with E-state index in [9.17, 15) is 9.59 Å². The van der Waals surface area contributed by atoms with Gasteiger partial charge in [-0.3, -0.25) is 4.79 Å². The molecule has 0 spiro atoms. The molecule has 0 radical (unpaired) electrons. The zero-order valence-electron chi connectivity index (χ0n) is 16.2. The molecule has 5 heteroatoms. The van der Waals surface area contributed by atoms with Crippen molar-refractivity contribution in [3.05, 3.63) is 57.3 Å². The van der Waals surface area contributed by atoms with Crippen LogP contribution in [0.4, 0.5) is 0 Å². The van der Waals surface area contributed by atoms with Crippen LogP contribution < -0.4 is 5.32 Å². The number of ketones is 1. The predicted molar refractivity (Wildman–Crippen MR) is 111 cm³/mol. The molecule has 1 saturated carbocycles. The van der Waals surface area contributed by atoms with Crippen LogP contribution in [0, 0.1) is 5.92 Å². The van der Waals surface area contributed by atoms with E-state index in [1.807, 2.05) is 31.2 Å². The van der Waals surface area contributed by atoms with E-state index in [4.69, 9.17) is 4.74 Å². The Morgan fingerprint density at radius 3 is 2.54 bits per heavy atom. The molecule has 2 aliphatic carbocycles. The fraction of sp³-hybridized carbons (Fsp3) is 0.478. The van der Waals surface area contributed by atoms with Crippen molar-refractivity contribution in [1.82, 2.24) is 5.32 Å². The molecule has 1 N–H and O–H groups in total. The predicted octanol–water partition coefficient (Wildman–Crippen LogP) is 5.15. The molecule has 0 amide bonds. The molecule has 2 unspecified atom stereocenters. The average Bonchev–Trinajstić information content (AvgIpc) is 2.68. The second-order valence-corrected chi connectivity index (χ2v) is 8.92. The molecule has 0 aromatic heterocycles. The van der Waals surface area contributed by atoms with E-state index in [2.05, 4.69) is 27.3 Å². The smallest absolute Gasteiger partial charge is 0.336 e. The van der Waals surface area contributed by atoms with Gasteiger partial charge in [0, 0.05) is 28.2 Å². The van der Waals surface area contributed by atoms with Crippen LogP contribution in [0.5, 0.6) is 0 Å². The third kappa shape index (κ3) is 3.82. The highest BCUT2D eigenvalue weighted by atomic mass is 79.9. The van der Waals surface area contributed by atoms with Gasteiger partial charge in [0.2, 0.25) is 0 Å². The van der Waals surface area contributed by atoms with Crippen LogP contribution in [0.25, 0.3) is 0 Å². The first-order chi connectivity index (χ1) is 13.5. The molecule has 28 heavy (non-hydrogen) atoms. The number of esters is 1. The molecule has 1 aromatic rings. The van der Waals surface area contributed by atoms with Crippen molar-refractivity contribution in [3.63, 3.8) is 0 Å². The number of carbonyl (C=O) groups is 2. The number of Topliss-reactive ketones (excluding diaryl/α,β-unsaturated/α-hetero) is 1. The number of hydrogen-bond donors (Lipinski definition) is 1. The highest BCUT2D eigenvalue weighted by molar-refractivity contribution is 9.10. The summed E-state index contributed by atoms with van der Waals surface area (Å²) in [4.78, 5) is 26.1. The van der Waals surface area contributed by atoms with E-state index in [0.29, 0.717) is 12.0 Å². The van der Waals surface area contributed by atoms with E-state index < -0.39 is 0 Å². The molecule has 0 bridgehead atoms. The molecule has 2 atom stereocenters. The lowest BCUT2D eigenvalue weighted by atomic mass is 9.71. The normalized spacial score (nSPS) is 25.6. The van der Waals surface area contributed by atoms with Crippen molar-refractivity contribution in [3.8, 4) is 0 Å². The van der Waals surface area contributed by atoms with Crippen LogP contribution in [0.1, 0.15) is 63.4 Å². The van der Waals surface area contributed by atoms with Gasteiger partial charge in [-0.05, 0) is 56.7 Å². The molecule has 1 heterocycles. The number of carbonyl (C=O) groups excluding carboxylic acids is 2. The molecule has 4 rings (SSSR count). The number of rotatable bonds is 3. The minimum atomic E-state index is -0.340. The van der Waals surface area contributed by atoms with Crippen LogP contribution in [0.2, 0.25) is 0 Å². The zero-order chi connectivity index (χ0) is 19.7. The Morgan fingerprint density at radius 1 is 1.11 bits per heavy atom. The third-order valence-electron chi connectivity index (χ3n) is 6.09. The van der Waals surface area contributed by atoms with E-state index in [1.54, 1.807) is 0 Å². The minimum absolute atomic E-state index is 0.00823. The first kappa shape index (κ1) is 19.4. The number of ether oxygens (including phenoxy) is 1. The molecule has 3 aliphatic rings. The Morgan fingerprint density at radius 2 is 1.82 bits per heavy atom. The Kier molecular flexibility index (Phi) is 5.72. The second kappa shape index (κ2) is 8.24. The Hall–Kier alpha value is -1.88. The maximum Gasteiger partial charge on any atom is 0.336 e. The van der Waals surface area contributed by atoms with Gasteiger partial charge in [0.25, 0.3) is 0 Å². The summed E-state index contributed by atoms with van der Waals surface area (Å²) in [6.07, 6.45) is 8.66. The van der Waals surface area contributed by atoms with Crippen molar-refractivity contribution >= 4 is 27.7 Å². The lowest BCUT2D eigenvalue weighted by molar-refractivity contribution is -0.146. The van der Waals surface area contributed by atoms with Gasteiger partial charge in [-0.2, -0.15) is 0 Å². The van der Waals surface area contributed by atoms with Crippen molar-refractivity contribution in [2.45, 2.75) is 63.9 Å². The lowest BCUT2D eigenvalue weighted by Gasteiger charge is -2.38. The quantitative estimate of drug-likeness (QED) is 0.656. The molecule has 1 aromatic carbocycles. The van der Waals surface area contributed by atoms with Gasteiger partial charge in [0.1, 0.15) is 11.9 Å². The van der Waals surface area contributed by atoms with E-state index in [1.165, 1.54) is 6.42 Å². The van der Waals surface area contributed by atoms with Crippen molar-refractivity contribution < 1.29 is 14.3 Å². The molecule has 0 saturated heterocycles. The number of allylic oxidation sites excluding steroid dienone is 3. The first-order valence-corrected chi connectivity index (χ1v) is 11.0. The van der Waals surface area contributed by atoms with Crippen LogP contribution >= 0.6 is 15.9 Å². The van der Waals surface area contributed by atoms with Crippen molar-refractivity contribution in [2.75, 3.05) is 0 Å². The summed E-state index contributed by atoms with van der Waals surface area (Å²) in [6, 6.07) is 7.93. The zero-order valence-corrected chi connectivity index (χ0v) is 17.8. The van der Waals surface area contributed by atoms with E-state index in [0.717, 1.165) is 53.5 Å². The fourth-order valence-electron chi connectivity index (χ4n) is 4.71. The van der Waals surface area contributed by atoms with Gasteiger partial charge in [-0.25, -0.2) is 4.79 Å². The number of hydrogen-bond acceptors (Lipinski definition) is 4. The Labute approximate surface area is 174 Å². The second-order valence-electron chi connectivity index (χ2n) is 8.00. The molecular weight excluding hydrogens is 418 g/mol. The summed E-state index contributed by atoms with van der Waals surface area (Å²) >= 11 is 3.48. The molecule has 1 fully saturated rings. The molecule has 1 aliphatic heterocycles. The van der Waals surface area contributed by atoms with E-state index in [-0.39, 0.29) is 29.7 Å². The lowest BCUT2D eigenvalue weighted by Crippen LogP contribution is -2.41. The maximum atomic E-state index is 13.2. The van der Waals surface area contributed by atoms with Crippen LogP contribution in [-0.2, 0) is 14.3 Å². The van der Waals surface area contributed by atoms with Gasteiger partial charge in [-0.1, -0.05) is 40.6 Å². The SMILES string of the molecule is CC1=C(C(=O)OC2CCCCC2)C(c2ccc(Br)cc2)C2C(=O)CCC=C2N1. The summed E-state index contributed by atoms with van der Waals surface area (Å²) < 4.78 is 6.89. The standard InChI is InChI=1S/C23H26BrNO3/c1-14-20(23(27)28-17-6-3-2-4-7-17)21(15-10-12-16(24)13-11-15)22-18(25-14)8-5-9-19(22)26/h8,10-13,17,21-22,25H,2-7,9H2,1H3. The van der Waals surface area contributed by atoms with Gasteiger partial charge in [0.05, 0.1) is 11.5 Å². The van der Waals surface area contributed by atoms with Crippen LogP contribution in [0.15, 0.2) is 51.8 Å². The monoisotopic (exact) mass is 443 g/mol. The summed E-state index contributed by atoms with van der Waals surface area (Å²) in [6.45, 7) is 1.92. The minimum Gasteiger partial charge on any atom is -0.459 e. The molecule has 148 valence electrons. The number of benzene rings is 1. The van der Waals surface area contributed by atoms with Gasteiger partial charge < -0.3 is 10.1 Å². The third-order valence-corrected chi connectivity index (χ3v) is 6.62. The van der Waals surface area contributed by atoms with Gasteiger partial charge in [0.15, 0.2) is 0 Å². The first-order valence-electron chi connectivity index (χ1n) is 10.2. The number of halogens is 1. The van der Waals surface area contributed by atoms with Gasteiger partial charge in [-0.15, -0.1) is 0 Å². The summed E-state index contributed by atoms with van der Waals surface area (Å²) in [5.74, 6) is -0.729. The Balaban J connectivity index is 1.73. The molecular formula is C23H26BrNO3. The summed E-state index contributed by atoms with van der Waals surface area (Å²) in [5.41, 5.74) is 3.30. The fourth-order valence-corrected chi connectivity index (χ4v) is 4.98. The Bertz CT molecular complexity index is 834. The highest BCUT2D eigenvalue weighted by Crippen LogP contribution is 2.44.